The minimum Gasteiger partial charge on any atom is -0.409 e. The van der Waals surface area contributed by atoms with Gasteiger partial charge in [0.15, 0.2) is 5.84 Å². The zero-order valence-electron chi connectivity index (χ0n) is 12.3. The van der Waals surface area contributed by atoms with Gasteiger partial charge in [-0.3, -0.25) is 9.67 Å². The molecule has 0 radical (unpaired) electrons. The molecule has 3 rings (SSSR count). The van der Waals surface area contributed by atoms with Crippen molar-refractivity contribution in [1.29, 1.82) is 0 Å². The highest BCUT2D eigenvalue weighted by atomic mass is 19.1. The van der Waals surface area contributed by atoms with E-state index in [0.717, 1.165) is 0 Å². The Kier molecular flexibility index (Phi) is 4.18. The fourth-order valence-electron chi connectivity index (χ4n) is 2.40. The number of pyridine rings is 1. The minimum absolute atomic E-state index is 0.0814. The predicted octanol–water partition coefficient (Wildman–Crippen LogP) is 2.26. The summed E-state index contributed by atoms with van der Waals surface area (Å²) in [5.74, 6) is -0.0814. The number of nitrogens with two attached hydrogens (primary N) is 1. The lowest BCUT2D eigenvalue weighted by Crippen LogP contribution is -2.21. The summed E-state index contributed by atoms with van der Waals surface area (Å²) in [5, 5.41) is 16.4. The summed E-state index contributed by atoms with van der Waals surface area (Å²) >= 11 is 0. The number of amidine groups is 1. The van der Waals surface area contributed by atoms with Crippen molar-refractivity contribution in [2.24, 2.45) is 10.9 Å². The van der Waals surface area contributed by atoms with Crippen molar-refractivity contribution >= 4 is 5.84 Å². The molecule has 2 aromatic heterocycles. The van der Waals surface area contributed by atoms with Crippen molar-refractivity contribution in [2.45, 2.75) is 19.1 Å². The van der Waals surface area contributed by atoms with Crippen molar-refractivity contribution in [2.75, 3.05) is 0 Å². The van der Waals surface area contributed by atoms with Crippen LogP contribution in [0, 0.1) is 0 Å². The van der Waals surface area contributed by atoms with Gasteiger partial charge in [0, 0.05) is 12.6 Å². The van der Waals surface area contributed by atoms with Gasteiger partial charge >= 0.3 is 0 Å². The van der Waals surface area contributed by atoms with E-state index < -0.39 is 6.17 Å². The van der Waals surface area contributed by atoms with Crippen LogP contribution in [0.5, 0.6) is 0 Å². The predicted molar refractivity (Wildman–Crippen MR) is 84.7 cm³/mol. The zero-order valence-corrected chi connectivity index (χ0v) is 12.3. The standard InChI is InChI=1S/C16H16FN5O/c17-12-6-2-1-5-11(12)10-22-15(16(18)21-23)9-14(20-22)13-7-3-4-8-19-13/h1-5,7-9,12,23H,6,10H2,(H2,18,21). The largest absolute Gasteiger partial charge is 0.409 e. The molecule has 0 bridgehead atoms. The van der Waals surface area contributed by atoms with Crippen LogP contribution in [0.3, 0.4) is 0 Å². The first-order valence-electron chi connectivity index (χ1n) is 7.16. The average molecular weight is 313 g/mol. The molecular weight excluding hydrogens is 297 g/mol. The topological polar surface area (TPSA) is 89.3 Å². The lowest BCUT2D eigenvalue weighted by Gasteiger charge is -2.15. The van der Waals surface area contributed by atoms with Gasteiger partial charge in [-0.2, -0.15) is 5.10 Å². The van der Waals surface area contributed by atoms with E-state index in [0.29, 0.717) is 29.1 Å². The van der Waals surface area contributed by atoms with Crippen LogP contribution in [0.1, 0.15) is 12.1 Å². The Balaban J connectivity index is 1.99. The van der Waals surface area contributed by atoms with Crippen LogP contribution in [-0.4, -0.2) is 32.0 Å². The SMILES string of the molecule is N/C(=N\O)c1cc(-c2ccccn2)nn1CC1=CC=CCC1F. The van der Waals surface area contributed by atoms with Gasteiger partial charge < -0.3 is 10.9 Å². The molecule has 2 heterocycles. The molecule has 6 nitrogen and oxygen atoms in total. The van der Waals surface area contributed by atoms with Crippen LogP contribution in [0.4, 0.5) is 4.39 Å². The number of aromatic nitrogens is 3. The van der Waals surface area contributed by atoms with Gasteiger partial charge in [0.1, 0.15) is 17.6 Å². The average Bonchev–Trinajstić information content (AvgIpc) is 3.01. The van der Waals surface area contributed by atoms with Crippen molar-refractivity contribution in [3.05, 3.63) is 60.0 Å². The Labute approximate surface area is 132 Å². The Hall–Kier alpha value is -2.96. The third kappa shape index (κ3) is 3.13. The maximum absolute atomic E-state index is 14.0. The number of nitrogens with zero attached hydrogens (tertiary/aromatic N) is 4. The number of hydrogen-bond acceptors (Lipinski definition) is 4. The smallest absolute Gasteiger partial charge is 0.188 e. The number of hydrogen-bond donors (Lipinski definition) is 2. The number of allylic oxidation sites excluding steroid dienone is 4. The molecule has 0 spiro atoms. The number of alkyl halides is 1. The van der Waals surface area contributed by atoms with Crippen molar-refractivity contribution in [3.8, 4) is 11.4 Å². The second-order valence-electron chi connectivity index (χ2n) is 5.15. The monoisotopic (exact) mass is 313 g/mol. The maximum atomic E-state index is 14.0. The molecule has 2 aromatic rings. The maximum Gasteiger partial charge on any atom is 0.188 e. The summed E-state index contributed by atoms with van der Waals surface area (Å²) in [4.78, 5) is 4.23. The molecule has 1 unspecified atom stereocenters. The quantitative estimate of drug-likeness (QED) is 0.392. The molecule has 1 atom stereocenters. The first-order chi connectivity index (χ1) is 11.2. The third-order valence-electron chi connectivity index (χ3n) is 3.60. The van der Waals surface area contributed by atoms with Crippen LogP contribution in [0.2, 0.25) is 0 Å². The van der Waals surface area contributed by atoms with Crippen LogP contribution >= 0.6 is 0 Å². The second-order valence-corrected chi connectivity index (χ2v) is 5.15. The van der Waals surface area contributed by atoms with E-state index in [4.69, 9.17) is 10.9 Å². The Morgan fingerprint density at radius 3 is 3.00 bits per heavy atom. The molecule has 118 valence electrons. The Morgan fingerprint density at radius 1 is 1.43 bits per heavy atom. The molecule has 0 amide bonds. The van der Waals surface area contributed by atoms with E-state index in [-0.39, 0.29) is 12.4 Å². The molecule has 1 aliphatic rings. The second kappa shape index (κ2) is 6.43. The van der Waals surface area contributed by atoms with E-state index in [1.807, 2.05) is 18.2 Å². The highest BCUT2D eigenvalue weighted by Gasteiger charge is 2.19. The van der Waals surface area contributed by atoms with E-state index in [1.165, 1.54) is 4.68 Å². The molecule has 23 heavy (non-hydrogen) atoms. The molecule has 0 aliphatic heterocycles. The fraction of sp³-hybridized carbons (Fsp3) is 0.188. The van der Waals surface area contributed by atoms with Gasteiger partial charge in [-0.25, -0.2) is 4.39 Å². The lowest BCUT2D eigenvalue weighted by atomic mass is 10.0. The van der Waals surface area contributed by atoms with Gasteiger partial charge in [-0.1, -0.05) is 29.5 Å². The first-order valence-corrected chi connectivity index (χ1v) is 7.16. The molecule has 0 fully saturated rings. The normalized spacial score (nSPS) is 18.0. The summed E-state index contributed by atoms with van der Waals surface area (Å²) in [6, 6.07) is 7.13. The first kappa shape index (κ1) is 15.0. The Bertz CT molecular complexity index is 779. The summed E-state index contributed by atoms with van der Waals surface area (Å²) in [6.07, 6.45) is 6.27. The molecule has 7 heteroatoms. The minimum atomic E-state index is -1.05. The fourth-order valence-corrected chi connectivity index (χ4v) is 2.40. The van der Waals surface area contributed by atoms with E-state index in [9.17, 15) is 4.39 Å². The number of oxime groups is 1. The van der Waals surface area contributed by atoms with Crippen molar-refractivity contribution < 1.29 is 9.60 Å². The molecule has 0 aromatic carbocycles. The van der Waals surface area contributed by atoms with Crippen LogP contribution < -0.4 is 5.73 Å². The third-order valence-corrected chi connectivity index (χ3v) is 3.60. The van der Waals surface area contributed by atoms with Crippen molar-refractivity contribution in [3.63, 3.8) is 0 Å². The van der Waals surface area contributed by atoms with Gasteiger partial charge in [0.05, 0.1) is 12.2 Å². The number of halogens is 1. The van der Waals surface area contributed by atoms with Crippen LogP contribution in [0.15, 0.2) is 59.4 Å². The lowest BCUT2D eigenvalue weighted by molar-refractivity contribution is 0.318. The summed E-state index contributed by atoms with van der Waals surface area (Å²) in [7, 11) is 0. The van der Waals surface area contributed by atoms with E-state index in [1.54, 1.807) is 30.5 Å². The Morgan fingerprint density at radius 2 is 2.30 bits per heavy atom. The summed E-state index contributed by atoms with van der Waals surface area (Å²) in [6.45, 7) is 0.226. The molecule has 0 saturated heterocycles. The molecule has 0 saturated carbocycles. The molecule has 1 aliphatic carbocycles. The molecular formula is C16H16FN5O. The van der Waals surface area contributed by atoms with Crippen LogP contribution in [0.25, 0.3) is 11.4 Å². The highest BCUT2D eigenvalue weighted by molar-refractivity contribution is 5.96. The van der Waals surface area contributed by atoms with Gasteiger partial charge in [-0.15, -0.1) is 0 Å². The van der Waals surface area contributed by atoms with Gasteiger partial charge in [0.25, 0.3) is 0 Å². The summed E-state index contributed by atoms with van der Waals surface area (Å²) < 4.78 is 15.5. The highest BCUT2D eigenvalue weighted by Crippen LogP contribution is 2.22. The van der Waals surface area contributed by atoms with Gasteiger partial charge in [-0.05, 0) is 23.8 Å². The molecule has 3 N–H and O–H groups in total. The van der Waals surface area contributed by atoms with Gasteiger partial charge in [0.2, 0.25) is 0 Å². The zero-order chi connectivity index (χ0) is 16.2. The number of rotatable bonds is 4. The summed E-state index contributed by atoms with van der Waals surface area (Å²) in [5.41, 5.74) is 7.96. The van der Waals surface area contributed by atoms with E-state index >= 15 is 0 Å². The van der Waals surface area contributed by atoms with Crippen LogP contribution in [-0.2, 0) is 6.54 Å². The van der Waals surface area contributed by atoms with Crippen molar-refractivity contribution in [1.82, 2.24) is 14.8 Å². The van der Waals surface area contributed by atoms with E-state index in [2.05, 4.69) is 15.2 Å².